The van der Waals surface area contributed by atoms with Crippen LogP contribution < -0.4 is 0 Å². The van der Waals surface area contributed by atoms with Crippen molar-refractivity contribution < 1.29 is 23.3 Å². The molecule has 0 amide bonds. The fourth-order valence-electron chi connectivity index (χ4n) is 0.0772. The molecule has 0 atom stereocenters. The molecule has 0 bridgehead atoms. The van der Waals surface area contributed by atoms with Crippen LogP contribution in [0.15, 0.2) is 9.16 Å². The van der Waals surface area contributed by atoms with Crippen LogP contribution in [0.3, 0.4) is 0 Å². The molecule has 0 unspecified atom stereocenters. The third kappa shape index (κ3) is 3.17. The van der Waals surface area contributed by atoms with Gasteiger partial charge in [0.25, 0.3) is 0 Å². The van der Waals surface area contributed by atoms with Crippen LogP contribution in [0.1, 0.15) is 13.8 Å². The Kier molecular flexibility index (Phi) is 4.80. The van der Waals surface area contributed by atoms with Gasteiger partial charge in [-0.2, -0.15) is 0 Å². The quantitative estimate of drug-likeness (QED) is 0.649. The van der Waals surface area contributed by atoms with E-state index in [1.165, 1.54) is 3.08 Å². The van der Waals surface area contributed by atoms with Gasteiger partial charge in [0.2, 0.25) is 0 Å². The van der Waals surface area contributed by atoms with Crippen molar-refractivity contribution in [3.05, 3.63) is 9.16 Å². The van der Waals surface area contributed by atoms with Crippen LogP contribution in [0.4, 0.5) is 0 Å². The van der Waals surface area contributed by atoms with Gasteiger partial charge >= 0.3 is 54.6 Å². The summed E-state index contributed by atoms with van der Waals surface area (Å²) in [6, 6.07) is 0. The fourth-order valence-corrected chi connectivity index (χ4v) is 2.03. The zero-order valence-electron chi connectivity index (χ0n) is 4.16. The minimum atomic E-state index is -0.923. The number of hydrogen-bond donors (Lipinski definition) is 0. The van der Waals surface area contributed by atoms with Crippen LogP contribution in [-0.4, -0.2) is 0 Å². The van der Waals surface area contributed by atoms with E-state index in [1.54, 1.807) is 0 Å². The monoisotopic (exact) mass is 292 g/mol. The zero-order chi connectivity index (χ0) is 4.99. The van der Waals surface area contributed by atoms with E-state index in [0.717, 1.165) is 0 Å². The van der Waals surface area contributed by atoms with Crippen LogP contribution >= 0.6 is 8.25 Å². The molecular weight excluding hydrogens is 284 g/mol. The molecule has 0 aliphatic rings. The normalized spacial score (nSPS) is 10.8. The predicted molar refractivity (Wildman–Crippen MR) is 25.3 cm³/mol. The molecule has 0 aromatic rings. The molecule has 0 spiro atoms. The van der Waals surface area contributed by atoms with Crippen LogP contribution in [-0.2, 0) is 23.3 Å². The zero-order valence-corrected chi connectivity index (χ0v) is 10.4. The topological polar surface area (TPSA) is 0 Å². The Balaban J connectivity index is 3.22. The number of halogens is 1. The second-order valence-corrected chi connectivity index (χ2v) is 8.99. The van der Waals surface area contributed by atoms with Crippen molar-refractivity contribution in [1.29, 1.82) is 0 Å². The summed E-state index contributed by atoms with van der Waals surface area (Å²) in [5.74, 6) is 0. The molecule has 0 rings (SSSR count). The average Bonchev–Trinajstić information content (AvgIpc) is 1.65. The molecule has 0 N–H and O–H groups in total. The number of rotatable bonds is 1. The molecule has 0 aliphatic carbocycles. The molecule has 32 valence electrons. The Morgan fingerprint density at radius 2 is 2.33 bits per heavy atom. The van der Waals surface area contributed by atoms with E-state index < -0.39 is 23.3 Å². The summed E-state index contributed by atoms with van der Waals surface area (Å²) < 4.78 is 1.46. The fraction of sp³-hybridized carbons (Fsp3) is 0.500. The molecule has 6 heavy (non-hydrogen) atoms. The molecule has 0 saturated heterocycles. The Hall–Kier alpha value is 0.965. The summed E-state index contributed by atoms with van der Waals surface area (Å²) in [6.45, 7) is 4.15. The van der Waals surface area contributed by atoms with Gasteiger partial charge in [0.15, 0.2) is 0 Å². The van der Waals surface area contributed by atoms with Crippen LogP contribution in [0, 0.1) is 0 Å². The summed E-state index contributed by atoms with van der Waals surface area (Å²) in [4.78, 5) is 0. The van der Waals surface area contributed by atoms with Gasteiger partial charge in [-0.3, -0.25) is 0 Å². The minimum absolute atomic E-state index is 0.923. The molecule has 0 fully saturated rings. The van der Waals surface area contributed by atoms with Crippen molar-refractivity contribution in [2.45, 2.75) is 13.8 Å². The number of allylic oxidation sites excluding steroid dienone is 2. The molecule has 0 radical (unpaired) electrons. The summed E-state index contributed by atoms with van der Waals surface area (Å²) in [5.41, 5.74) is 0. The molecule has 2 heteroatoms. The summed E-state index contributed by atoms with van der Waals surface area (Å²) in [5, 5.41) is 0. The van der Waals surface area contributed by atoms with E-state index in [4.69, 9.17) is 8.25 Å². The second-order valence-electron chi connectivity index (χ2n) is 1.27. The molecule has 0 aliphatic heterocycles. The van der Waals surface area contributed by atoms with Crippen LogP contribution in [0.25, 0.3) is 0 Å². The van der Waals surface area contributed by atoms with Crippen molar-refractivity contribution in [2.24, 2.45) is 0 Å². The average molecular weight is 291 g/mol. The van der Waals surface area contributed by atoms with E-state index in [2.05, 4.69) is 13.0 Å². The van der Waals surface area contributed by atoms with E-state index in [0.29, 0.717) is 0 Å². The Morgan fingerprint density at radius 3 is 2.33 bits per heavy atom. The van der Waals surface area contributed by atoms with Gasteiger partial charge in [-0.25, -0.2) is 0 Å². The summed E-state index contributed by atoms with van der Waals surface area (Å²) in [7, 11) is 5.61. The van der Waals surface area contributed by atoms with Gasteiger partial charge < -0.3 is 0 Å². The molecule has 0 aromatic carbocycles. The van der Waals surface area contributed by atoms with Crippen LogP contribution in [0.2, 0.25) is 0 Å². The van der Waals surface area contributed by atoms with Crippen molar-refractivity contribution in [2.75, 3.05) is 0 Å². The molecule has 0 aromatic heterocycles. The van der Waals surface area contributed by atoms with E-state index in [-0.39, 0.29) is 0 Å². The maximum atomic E-state index is 5.61. The molecule has 0 saturated carbocycles. The van der Waals surface area contributed by atoms with Crippen molar-refractivity contribution >= 4 is 8.25 Å². The van der Waals surface area contributed by atoms with Crippen molar-refractivity contribution in [3.63, 3.8) is 0 Å². The number of hydrogen-bond acceptors (Lipinski definition) is 0. The van der Waals surface area contributed by atoms with Gasteiger partial charge in [-0.15, -0.1) is 0 Å². The summed E-state index contributed by atoms with van der Waals surface area (Å²) in [6.07, 6.45) is 2.11. The van der Waals surface area contributed by atoms with Gasteiger partial charge in [-0.1, -0.05) is 0 Å². The first-order valence-corrected chi connectivity index (χ1v) is 11.5. The third-order valence-electron chi connectivity index (χ3n) is 0.704. The summed E-state index contributed by atoms with van der Waals surface area (Å²) >= 11 is -0.923. The Labute approximate surface area is 54.4 Å². The molecule has 0 heterocycles. The van der Waals surface area contributed by atoms with Gasteiger partial charge in [0.05, 0.1) is 0 Å². The second kappa shape index (κ2) is 4.13. The van der Waals surface area contributed by atoms with Crippen molar-refractivity contribution in [1.82, 2.24) is 0 Å². The van der Waals surface area contributed by atoms with Crippen LogP contribution in [0.5, 0.6) is 0 Å². The first kappa shape index (κ1) is 6.97. The maximum absolute atomic E-state index is 5.61. The third-order valence-corrected chi connectivity index (χ3v) is 7.63. The van der Waals surface area contributed by atoms with E-state index >= 15 is 0 Å². The first-order valence-electron chi connectivity index (χ1n) is 1.99. The van der Waals surface area contributed by atoms with E-state index in [9.17, 15) is 0 Å². The van der Waals surface area contributed by atoms with E-state index in [1.807, 2.05) is 6.92 Å². The Bertz CT molecular complexity index is 58.6. The SMILES string of the molecule is C/C=[C](\C)[Hg][Cl]. The first-order chi connectivity index (χ1) is 2.81. The molecule has 0 nitrogen and oxygen atoms in total. The standard InChI is InChI=1S/C4H7.ClH.Hg/c1-3-4-2;;/h3H,1-2H3;1H;/q;;+1/p-1. The van der Waals surface area contributed by atoms with Gasteiger partial charge in [0, 0.05) is 0 Å². The Morgan fingerprint density at radius 1 is 1.83 bits per heavy atom. The van der Waals surface area contributed by atoms with Gasteiger partial charge in [-0.05, 0) is 0 Å². The van der Waals surface area contributed by atoms with Gasteiger partial charge in [0.1, 0.15) is 0 Å². The van der Waals surface area contributed by atoms with Crippen molar-refractivity contribution in [3.8, 4) is 0 Å². The molecular formula is C4H7ClHg. The predicted octanol–water partition coefficient (Wildman–Crippen LogP) is 2.15.